The fraction of sp³-hybridized carbons (Fsp3) is 0.412. The minimum atomic E-state index is 0.360. The predicted molar refractivity (Wildman–Crippen MR) is 95.3 cm³/mol. The molecule has 21 heavy (non-hydrogen) atoms. The van der Waals surface area contributed by atoms with Gasteiger partial charge in [-0.3, -0.25) is 0 Å². The van der Waals surface area contributed by atoms with Gasteiger partial charge in [0.2, 0.25) is 0 Å². The number of fused-ring (bicyclic) bond motifs is 1. The Hall–Kier alpha value is -0.350. The molecule has 0 saturated heterocycles. The van der Waals surface area contributed by atoms with Crippen molar-refractivity contribution in [2.45, 2.75) is 44.7 Å². The van der Waals surface area contributed by atoms with Crippen molar-refractivity contribution >= 4 is 38.9 Å². The van der Waals surface area contributed by atoms with Crippen molar-refractivity contribution in [3.05, 3.63) is 55.1 Å². The first kappa shape index (κ1) is 15.5. The third-order valence-electron chi connectivity index (χ3n) is 4.15. The molecule has 2 aromatic rings. The minimum Gasteiger partial charge on any atom is -0.303 e. The summed E-state index contributed by atoms with van der Waals surface area (Å²) in [4.78, 5) is 1.53. The normalized spacial score (nSPS) is 19.3. The van der Waals surface area contributed by atoms with Crippen LogP contribution < -0.4 is 5.32 Å². The van der Waals surface area contributed by atoms with E-state index in [1.807, 2.05) is 23.5 Å². The lowest BCUT2D eigenvalue weighted by Gasteiger charge is -2.29. The molecule has 0 spiro atoms. The van der Waals surface area contributed by atoms with Crippen LogP contribution in [0.3, 0.4) is 0 Å². The fourth-order valence-corrected chi connectivity index (χ4v) is 5.13. The van der Waals surface area contributed by atoms with Gasteiger partial charge in [-0.05, 0) is 70.9 Å². The number of nitrogens with one attached hydrogen (secondary N) is 1. The first-order valence-electron chi connectivity index (χ1n) is 7.47. The quantitative estimate of drug-likeness (QED) is 0.654. The highest BCUT2D eigenvalue weighted by atomic mass is 79.9. The Balaban J connectivity index is 1.82. The average molecular weight is 385 g/mol. The molecule has 0 aliphatic heterocycles. The number of aryl methyl sites for hydroxylation is 1. The molecule has 1 aliphatic carbocycles. The van der Waals surface area contributed by atoms with E-state index in [2.05, 4.69) is 46.4 Å². The SMILES string of the molecule is CCC(NC1CCCc2sc(Br)cc21)c1cccc(Cl)c1. The van der Waals surface area contributed by atoms with Crippen LogP contribution in [0.1, 0.15) is 54.3 Å². The number of hydrogen-bond acceptors (Lipinski definition) is 2. The van der Waals surface area contributed by atoms with Gasteiger partial charge >= 0.3 is 0 Å². The Labute approximate surface area is 143 Å². The standard InChI is InChI=1S/C17H19BrClNS/c1-2-14(11-5-3-6-12(19)9-11)20-15-7-4-8-16-13(15)10-17(18)21-16/h3,5-6,9-10,14-15,20H,2,4,7-8H2,1H3. The average Bonchev–Trinajstić information content (AvgIpc) is 2.85. The summed E-state index contributed by atoms with van der Waals surface area (Å²) in [5.41, 5.74) is 2.77. The molecule has 0 fully saturated rings. The van der Waals surface area contributed by atoms with Gasteiger partial charge in [-0.1, -0.05) is 30.7 Å². The number of hydrogen-bond donors (Lipinski definition) is 1. The topological polar surface area (TPSA) is 12.0 Å². The van der Waals surface area contributed by atoms with Crippen molar-refractivity contribution in [2.75, 3.05) is 0 Å². The predicted octanol–water partition coefficient (Wildman–Crippen LogP) is 6.28. The van der Waals surface area contributed by atoms with Crippen molar-refractivity contribution in [1.82, 2.24) is 5.32 Å². The minimum absolute atomic E-state index is 0.360. The molecule has 2 unspecified atom stereocenters. The van der Waals surface area contributed by atoms with Gasteiger partial charge in [-0.15, -0.1) is 11.3 Å². The van der Waals surface area contributed by atoms with Crippen LogP contribution in [-0.2, 0) is 6.42 Å². The van der Waals surface area contributed by atoms with Crippen LogP contribution in [0.4, 0.5) is 0 Å². The van der Waals surface area contributed by atoms with E-state index in [0.717, 1.165) is 11.4 Å². The van der Waals surface area contributed by atoms with Gasteiger partial charge in [0.1, 0.15) is 0 Å². The number of thiophene rings is 1. The molecule has 1 N–H and O–H groups in total. The van der Waals surface area contributed by atoms with E-state index < -0.39 is 0 Å². The molecule has 1 heterocycles. The van der Waals surface area contributed by atoms with Gasteiger partial charge < -0.3 is 5.32 Å². The summed E-state index contributed by atoms with van der Waals surface area (Å²) in [5.74, 6) is 0. The second kappa shape index (κ2) is 6.82. The largest absolute Gasteiger partial charge is 0.303 e. The maximum absolute atomic E-state index is 6.14. The van der Waals surface area contributed by atoms with Gasteiger partial charge in [0.15, 0.2) is 0 Å². The Kier molecular flexibility index (Phi) is 5.05. The highest BCUT2D eigenvalue weighted by Crippen LogP contribution is 2.39. The summed E-state index contributed by atoms with van der Waals surface area (Å²) in [6.45, 7) is 2.23. The Morgan fingerprint density at radius 1 is 1.43 bits per heavy atom. The van der Waals surface area contributed by atoms with E-state index >= 15 is 0 Å². The van der Waals surface area contributed by atoms with Crippen molar-refractivity contribution in [1.29, 1.82) is 0 Å². The highest BCUT2D eigenvalue weighted by molar-refractivity contribution is 9.11. The Morgan fingerprint density at radius 2 is 2.29 bits per heavy atom. The van der Waals surface area contributed by atoms with E-state index in [9.17, 15) is 0 Å². The lowest BCUT2D eigenvalue weighted by atomic mass is 9.92. The molecule has 0 radical (unpaired) electrons. The molecule has 4 heteroatoms. The Morgan fingerprint density at radius 3 is 3.05 bits per heavy atom. The first-order valence-corrected chi connectivity index (χ1v) is 9.45. The molecule has 2 atom stereocenters. The number of benzene rings is 1. The maximum Gasteiger partial charge on any atom is 0.0704 e. The molecule has 0 saturated carbocycles. The van der Waals surface area contributed by atoms with Gasteiger partial charge in [0, 0.05) is 22.0 Å². The van der Waals surface area contributed by atoms with Crippen molar-refractivity contribution in [3.63, 3.8) is 0 Å². The smallest absolute Gasteiger partial charge is 0.0704 e. The third-order valence-corrected chi connectivity index (χ3v) is 6.09. The van der Waals surface area contributed by atoms with Crippen molar-refractivity contribution in [3.8, 4) is 0 Å². The van der Waals surface area contributed by atoms with Gasteiger partial charge in [0.05, 0.1) is 3.79 Å². The van der Waals surface area contributed by atoms with Gasteiger partial charge in [-0.2, -0.15) is 0 Å². The molecule has 1 nitrogen and oxygen atoms in total. The summed E-state index contributed by atoms with van der Waals surface area (Å²) >= 11 is 11.7. The Bertz CT molecular complexity index is 625. The fourth-order valence-electron chi connectivity index (χ4n) is 3.11. The molecule has 1 aromatic carbocycles. The van der Waals surface area contributed by atoms with E-state index in [1.54, 1.807) is 0 Å². The second-order valence-corrected chi connectivity index (χ2v) is 8.51. The van der Waals surface area contributed by atoms with Gasteiger partial charge in [-0.25, -0.2) is 0 Å². The van der Waals surface area contributed by atoms with Crippen LogP contribution in [0.5, 0.6) is 0 Å². The third kappa shape index (κ3) is 3.53. The summed E-state index contributed by atoms with van der Waals surface area (Å²) in [5, 5.41) is 4.66. The summed E-state index contributed by atoms with van der Waals surface area (Å²) in [7, 11) is 0. The van der Waals surface area contributed by atoms with Gasteiger partial charge in [0.25, 0.3) is 0 Å². The molecule has 0 amide bonds. The van der Waals surface area contributed by atoms with E-state index in [0.29, 0.717) is 12.1 Å². The zero-order valence-electron chi connectivity index (χ0n) is 12.0. The summed E-state index contributed by atoms with van der Waals surface area (Å²) in [6.07, 6.45) is 4.77. The molecule has 1 aliphatic rings. The van der Waals surface area contributed by atoms with E-state index in [-0.39, 0.29) is 0 Å². The molecule has 112 valence electrons. The first-order chi connectivity index (χ1) is 10.2. The molecule has 1 aromatic heterocycles. The second-order valence-electron chi connectivity index (χ2n) is 5.56. The number of halogens is 2. The zero-order valence-corrected chi connectivity index (χ0v) is 15.2. The monoisotopic (exact) mass is 383 g/mol. The van der Waals surface area contributed by atoms with E-state index in [4.69, 9.17) is 11.6 Å². The summed E-state index contributed by atoms with van der Waals surface area (Å²) in [6, 6.07) is 11.3. The van der Waals surface area contributed by atoms with Crippen molar-refractivity contribution < 1.29 is 0 Å². The van der Waals surface area contributed by atoms with E-state index in [1.165, 1.54) is 39.1 Å². The molecule has 0 bridgehead atoms. The highest BCUT2D eigenvalue weighted by Gasteiger charge is 2.24. The van der Waals surface area contributed by atoms with Crippen LogP contribution in [0, 0.1) is 0 Å². The molecule has 3 rings (SSSR count). The van der Waals surface area contributed by atoms with Crippen LogP contribution in [-0.4, -0.2) is 0 Å². The summed E-state index contributed by atoms with van der Waals surface area (Å²) < 4.78 is 1.25. The van der Waals surface area contributed by atoms with Crippen LogP contribution in [0.2, 0.25) is 5.02 Å². The zero-order chi connectivity index (χ0) is 14.8. The lowest BCUT2D eigenvalue weighted by molar-refractivity contribution is 0.395. The number of rotatable bonds is 4. The van der Waals surface area contributed by atoms with Crippen LogP contribution >= 0.6 is 38.9 Å². The van der Waals surface area contributed by atoms with Crippen molar-refractivity contribution in [2.24, 2.45) is 0 Å². The van der Waals surface area contributed by atoms with Crippen LogP contribution in [0.25, 0.3) is 0 Å². The maximum atomic E-state index is 6.14. The molecular formula is C17H19BrClNS. The lowest BCUT2D eigenvalue weighted by Crippen LogP contribution is -2.28. The van der Waals surface area contributed by atoms with Crippen LogP contribution in [0.15, 0.2) is 34.1 Å². The molecular weight excluding hydrogens is 366 g/mol.